The number of rotatable bonds is 14. The highest BCUT2D eigenvalue weighted by Gasteiger charge is 2.66. The van der Waals surface area contributed by atoms with Crippen molar-refractivity contribution in [2.24, 2.45) is 0 Å². The Bertz CT molecular complexity index is 2010. The van der Waals surface area contributed by atoms with E-state index in [-0.39, 0.29) is 0 Å². The summed E-state index contributed by atoms with van der Waals surface area (Å²) >= 11 is 0. The zero-order valence-electron chi connectivity index (χ0n) is 31.3. The SMILES string of the molecule is CC(C)OC(=O)OCOP(=O)(OCOC(=O)OC(C)C)OC[C@@]1(F)OC(n2ccc(=O)[nH]c2=O)[C@](C)(F)[C@@H]1O.C[C@]1(F)C(n2ccc(=O)[nH]c2=O)O[C@](F)(CO)[C@H]1O. The predicted octanol–water partition coefficient (Wildman–Crippen LogP) is 0.829. The largest absolute Gasteiger partial charge is 0.510 e. The number of aromatic nitrogens is 4. The van der Waals surface area contributed by atoms with Crippen molar-refractivity contribution in [2.75, 3.05) is 26.8 Å². The second kappa shape index (κ2) is 18.6. The zero-order valence-corrected chi connectivity index (χ0v) is 32.2. The Morgan fingerprint density at radius 3 is 1.48 bits per heavy atom. The van der Waals surface area contributed by atoms with Gasteiger partial charge < -0.3 is 43.7 Å². The highest BCUT2D eigenvalue weighted by Crippen LogP contribution is 2.53. The Morgan fingerprint density at radius 2 is 1.14 bits per heavy atom. The maximum atomic E-state index is 15.6. The third kappa shape index (κ3) is 11.4. The van der Waals surface area contributed by atoms with Crippen LogP contribution in [-0.2, 0) is 46.6 Å². The maximum absolute atomic E-state index is 15.6. The van der Waals surface area contributed by atoms with Gasteiger partial charge in [-0.1, -0.05) is 0 Å². The molecule has 2 aliphatic heterocycles. The van der Waals surface area contributed by atoms with Gasteiger partial charge in [-0.05, 0) is 41.5 Å². The van der Waals surface area contributed by atoms with Crippen LogP contribution in [0.5, 0.6) is 0 Å². The van der Waals surface area contributed by atoms with Crippen LogP contribution < -0.4 is 22.5 Å². The third-order valence-corrected chi connectivity index (χ3v) is 9.04. The minimum atomic E-state index is -5.01. The van der Waals surface area contributed by atoms with Gasteiger partial charge >= 0.3 is 31.5 Å². The number of hydrogen-bond donors (Lipinski definition) is 5. The van der Waals surface area contributed by atoms with Crippen LogP contribution in [0.25, 0.3) is 0 Å². The van der Waals surface area contributed by atoms with Crippen LogP contribution in [-0.4, -0.2) is 121 Å². The Morgan fingerprint density at radius 1 is 0.759 bits per heavy atom. The zero-order chi connectivity index (χ0) is 44.0. The molecule has 0 bridgehead atoms. The lowest BCUT2D eigenvalue weighted by atomic mass is 9.97. The minimum absolute atomic E-state index is 0.473. The smallest absolute Gasteiger partial charge is 0.432 e. The van der Waals surface area contributed by atoms with Gasteiger partial charge in [0.25, 0.3) is 22.8 Å². The summed E-state index contributed by atoms with van der Waals surface area (Å²) in [6, 6.07) is 1.75. The summed E-state index contributed by atoms with van der Waals surface area (Å²) in [5.74, 6) is -6.50. The van der Waals surface area contributed by atoms with Gasteiger partial charge in [0.15, 0.2) is 36.0 Å². The molecule has 8 atom stereocenters. The number of phosphoric acid groups is 1. The molecule has 5 N–H and O–H groups in total. The van der Waals surface area contributed by atoms with E-state index in [0.29, 0.717) is 16.1 Å². The summed E-state index contributed by atoms with van der Waals surface area (Å²) in [6.45, 7) is 2.50. The molecular formula is C30H41F4N4O19P. The van der Waals surface area contributed by atoms with Crippen molar-refractivity contribution < 1.29 is 89.0 Å². The topological polar surface area (TPSA) is 305 Å². The molecular weight excluding hydrogens is 827 g/mol. The van der Waals surface area contributed by atoms with E-state index in [4.69, 9.17) is 23.4 Å². The molecule has 28 heteroatoms. The van der Waals surface area contributed by atoms with Crippen molar-refractivity contribution in [1.82, 2.24) is 19.1 Å². The number of aliphatic hydroxyl groups is 3. The number of carbonyl (C=O) groups excluding carboxylic acids is 2. The van der Waals surface area contributed by atoms with Gasteiger partial charge in [0.1, 0.15) is 13.2 Å². The normalized spacial score (nSPS) is 29.5. The number of alkyl halides is 4. The molecule has 0 spiro atoms. The molecule has 2 fully saturated rings. The third-order valence-electron chi connectivity index (χ3n) is 7.75. The molecule has 23 nitrogen and oxygen atoms in total. The van der Waals surface area contributed by atoms with Crippen molar-refractivity contribution in [1.29, 1.82) is 0 Å². The van der Waals surface area contributed by atoms with Crippen LogP contribution in [0, 0.1) is 0 Å². The first kappa shape index (κ1) is 47.9. The number of ether oxygens (including phenoxy) is 6. The van der Waals surface area contributed by atoms with Crippen molar-refractivity contribution in [3.05, 3.63) is 66.2 Å². The van der Waals surface area contributed by atoms with E-state index in [1.807, 2.05) is 9.97 Å². The molecule has 328 valence electrons. The number of hydrogen-bond acceptors (Lipinski definition) is 19. The average molecular weight is 869 g/mol. The molecule has 2 aromatic heterocycles. The van der Waals surface area contributed by atoms with Crippen LogP contribution in [0.2, 0.25) is 0 Å². The van der Waals surface area contributed by atoms with Crippen LogP contribution in [0.1, 0.15) is 54.0 Å². The van der Waals surface area contributed by atoms with Crippen molar-refractivity contribution in [3.8, 4) is 0 Å². The number of aromatic amines is 2. The number of H-pyrrole nitrogens is 2. The van der Waals surface area contributed by atoms with Crippen LogP contribution in [0.15, 0.2) is 43.7 Å². The summed E-state index contributed by atoms with van der Waals surface area (Å²) in [4.78, 5) is 72.5. The van der Waals surface area contributed by atoms with E-state index in [1.165, 1.54) is 27.7 Å². The van der Waals surface area contributed by atoms with Gasteiger partial charge in [-0.25, -0.2) is 50.4 Å². The summed E-state index contributed by atoms with van der Waals surface area (Å²) in [7, 11) is -5.01. The minimum Gasteiger partial charge on any atom is -0.432 e. The van der Waals surface area contributed by atoms with Crippen LogP contribution in [0.4, 0.5) is 27.2 Å². The number of carbonyl (C=O) groups is 2. The number of nitrogens with zero attached hydrogens (tertiary/aromatic N) is 2. The van der Waals surface area contributed by atoms with Crippen molar-refractivity contribution in [3.63, 3.8) is 0 Å². The summed E-state index contributed by atoms with van der Waals surface area (Å²) < 4.78 is 116. The first-order valence-electron chi connectivity index (χ1n) is 16.6. The van der Waals surface area contributed by atoms with Gasteiger partial charge in [0.2, 0.25) is 13.6 Å². The quantitative estimate of drug-likeness (QED) is 0.0760. The standard InChI is InChI=1S/C20H29F2N2O14P.C10H12F2N2O5/c1-11(2)36-17(28)31-9-34-39(30,35-10-32-18(29)37-12(3)4)33-8-20(22)14(26)19(5,21)15(38-20)24-7-6-13(25)23-16(24)27;1-9(11)6(17)10(12,4-15)19-7(9)14-3-2-5(16)13-8(14)18/h6-7,11-12,14-15,26H,8-10H2,1-5H3,(H,23,25,27);2-3,6-7,15,17H,4H2,1H3,(H,13,16,18)/t14-,15?,19+,20+;6-,7?,9+,10+/m00/s1. The van der Waals surface area contributed by atoms with E-state index in [9.17, 15) is 52.3 Å². The van der Waals surface area contributed by atoms with Crippen molar-refractivity contribution in [2.45, 2.75) is 101 Å². The Labute approximate surface area is 322 Å². The lowest BCUT2D eigenvalue weighted by Gasteiger charge is -2.26. The summed E-state index contributed by atoms with van der Waals surface area (Å²) in [5.41, 5.74) is -9.40. The predicted molar refractivity (Wildman–Crippen MR) is 180 cm³/mol. The van der Waals surface area contributed by atoms with Gasteiger partial charge in [-0.3, -0.25) is 33.2 Å². The maximum Gasteiger partial charge on any atom is 0.510 e. The van der Waals surface area contributed by atoms with Crippen LogP contribution in [0.3, 0.4) is 0 Å². The monoisotopic (exact) mass is 868 g/mol. The molecule has 2 saturated heterocycles. The van der Waals surface area contributed by atoms with E-state index in [1.54, 1.807) is 0 Å². The summed E-state index contributed by atoms with van der Waals surface area (Å²) in [6.07, 6.45) is -10.8. The van der Waals surface area contributed by atoms with Gasteiger partial charge in [-0.15, -0.1) is 0 Å². The number of aliphatic hydroxyl groups excluding tert-OH is 3. The molecule has 0 aliphatic carbocycles. The first-order valence-corrected chi connectivity index (χ1v) is 18.1. The second-order valence-corrected chi connectivity index (χ2v) is 14.8. The second-order valence-electron chi connectivity index (χ2n) is 13.1. The molecule has 2 aliphatic rings. The Hall–Kier alpha value is -4.47. The molecule has 4 heterocycles. The molecule has 4 rings (SSSR count). The molecule has 0 saturated carbocycles. The Balaban J connectivity index is 0.000000393. The highest BCUT2D eigenvalue weighted by atomic mass is 31.2. The fraction of sp³-hybridized carbons (Fsp3) is 0.667. The fourth-order valence-electron chi connectivity index (χ4n) is 4.97. The highest BCUT2D eigenvalue weighted by molar-refractivity contribution is 7.48. The molecule has 0 amide bonds. The van der Waals surface area contributed by atoms with E-state index in [2.05, 4.69) is 23.7 Å². The average Bonchev–Trinajstić information content (AvgIpc) is 3.40. The summed E-state index contributed by atoms with van der Waals surface area (Å²) in [5, 5.41) is 28.7. The lowest BCUT2D eigenvalue weighted by Crippen LogP contribution is -2.47. The Kier molecular flexibility index (Phi) is 15.4. The van der Waals surface area contributed by atoms with Crippen LogP contribution >= 0.6 is 7.82 Å². The first-order chi connectivity index (χ1) is 26.7. The molecule has 0 aromatic carbocycles. The lowest BCUT2D eigenvalue weighted by molar-refractivity contribution is -0.207. The number of phosphoric ester groups is 1. The van der Waals surface area contributed by atoms with Crippen molar-refractivity contribution >= 4 is 20.1 Å². The van der Waals surface area contributed by atoms with Gasteiger partial charge in [0, 0.05) is 24.5 Å². The fourth-order valence-corrected chi connectivity index (χ4v) is 5.89. The molecule has 58 heavy (non-hydrogen) atoms. The van der Waals surface area contributed by atoms with E-state index < -0.39 is 129 Å². The molecule has 0 radical (unpaired) electrons. The number of halogens is 4. The number of nitrogens with one attached hydrogen (secondary N) is 2. The molecule has 2 unspecified atom stereocenters. The van der Waals surface area contributed by atoms with Gasteiger partial charge in [0.05, 0.1) is 12.2 Å². The molecule has 2 aromatic rings. The van der Waals surface area contributed by atoms with E-state index >= 15 is 8.78 Å². The van der Waals surface area contributed by atoms with Gasteiger partial charge in [-0.2, -0.15) is 0 Å². The van der Waals surface area contributed by atoms with E-state index in [0.717, 1.165) is 31.5 Å².